The Morgan fingerprint density at radius 1 is 1.27 bits per heavy atom. The molecule has 2 atom stereocenters. The van der Waals surface area contributed by atoms with Gasteiger partial charge >= 0.3 is 0 Å². The number of amidine groups is 1. The average molecular weight is 378 g/mol. The summed E-state index contributed by atoms with van der Waals surface area (Å²) >= 11 is 1.48. The van der Waals surface area contributed by atoms with Crippen LogP contribution >= 0.6 is 11.8 Å². The molecule has 2 aromatic rings. The molecule has 5 nitrogen and oxygen atoms in total. The number of thioether (sulfide) groups is 1. The van der Waals surface area contributed by atoms with Crippen LogP contribution in [0.15, 0.2) is 41.7 Å². The Hall–Kier alpha value is -2.06. The van der Waals surface area contributed by atoms with Crippen molar-refractivity contribution in [1.29, 1.82) is 0 Å². The number of aromatic nitrogens is 2. The van der Waals surface area contributed by atoms with Crippen LogP contribution in [-0.2, 0) is 10.3 Å². The average Bonchev–Trinajstić information content (AvgIpc) is 2.62. The van der Waals surface area contributed by atoms with E-state index in [0.717, 1.165) is 24.1 Å². The van der Waals surface area contributed by atoms with Gasteiger partial charge in [0.25, 0.3) is 0 Å². The Labute approximate surface area is 155 Å². The molecule has 0 spiro atoms. The summed E-state index contributed by atoms with van der Waals surface area (Å²) in [6, 6.07) is 5.40. The van der Waals surface area contributed by atoms with Crippen molar-refractivity contribution in [3.05, 3.63) is 59.7 Å². The summed E-state index contributed by atoms with van der Waals surface area (Å²) in [6.45, 7) is 2.80. The third kappa shape index (κ3) is 4.02. The zero-order valence-electron chi connectivity index (χ0n) is 14.4. The SMILES string of the molecule is Cc1ncccn1.NC1=NC2(c3ccc(F)cc3F)COCCC2CS1. The number of nitrogens with two attached hydrogens (primary N) is 1. The van der Waals surface area contributed by atoms with Crippen LogP contribution < -0.4 is 5.73 Å². The number of hydrogen-bond acceptors (Lipinski definition) is 6. The summed E-state index contributed by atoms with van der Waals surface area (Å²) < 4.78 is 32.7. The Kier molecular flexibility index (Phi) is 5.83. The first-order chi connectivity index (χ1) is 12.5. The van der Waals surface area contributed by atoms with Crippen molar-refractivity contribution in [2.75, 3.05) is 19.0 Å². The van der Waals surface area contributed by atoms with E-state index in [9.17, 15) is 8.78 Å². The predicted octanol–water partition coefficient (Wildman–Crippen LogP) is 3.04. The first-order valence-corrected chi connectivity index (χ1v) is 9.25. The first kappa shape index (κ1) is 18.7. The molecule has 1 fully saturated rings. The van der Waals surface area contributed by atoms with Crippen molar-refractivity contribution in [3.8, 4) is 0 Å². The van der Waals surface area contributed by atoms with Crippen LogP contribution in [0.2, 0.25) is 0 Å². The van der Waals surface area contributed by atoms with Crippen LogP contribution in [0.4, 0.5) is 8.78 Å². The van der Waals surface area contributed by atoms with E-state index < -0.39 is 17.2 Å². The molecular formula is C18H20F2N4OS. The van der Waals surface area contributed by atoms with Gasteiger partial charge in [0.2, 0.25) is 0 Å². The highest BCUT2D eigenvalue weighted by Gasteiger charge is 2.47. The Morgan fingerprint density at radius 2 is 2.04 bits per heavy atom. The second-order valence-electron chi connectivity index (χ2n) is 6.14. The summed E-state index contributed by atoms with van der Waals surface area (Å²) in [5.41, 5.74) is 5.38. The number of hydrogen-bond donors (Lipinski definition) is 1. The van der Waals surface area contributed by atoms with E-state index in [1.807, 2.05) is 6.92 Å². The van der Waals surface area contributed by atoms with Gasteiger partial charge in [-0.2, -0.15) is 0 Å². The maximum Gasteiger partial charge on any atom is 0.154 e. The molecule has 0 amide bonds. The molecule has 0 aliphatic carbocycles. The molecule has 0 saturated carbocycles. The Balaban J connectivity index is 0.000000236. The number of nitrogens with zero attached hydrogens (tertiary/aromatic N) is 3. The fourth-order valence-corrected chi connectivity index (χ4v) is 4.18. The molecule has 2 N–H and O–H groups in total. The van der Waals surface area contributed by atoms with Gasteiger partial charge in [-0.05, 0) is 25.5 Å². The standard InChI is InChI=1S/C13H14F2N2OS.C5H6N2/c14-9-1-2-10(11(15)5-9)13-7-18-4-3-8(13)6-19-12(16)17-13;1-5-6-3-2-4-7-5/h1-2,5,8H,3-4,6-7H2,(H2,16,17);2-4H,1H3. The molecule has 2 aliphatic rings. The molecular weight excluding hydrogens is 358 g/mol. The predicted molar refractivity (Wildman–Crippen MR) is 97.8 cm³/mol. The highest BCUT2D eigenvalue weighted by atomic mass is 32.2. The second kappa shape index (κ2) is 8.09. The fourth-order valence-electron chi connectivity index (χ4n) is 3.14. The summed E-state index contributed by atoms with van der Waals surface area (Å²) in [6.07, 6.45) is 4.26. The molecule has 0 bridgehead atoms. The summed E-state index contributed by atoms with van der Waals surface area (Å²) in [5, 5.41) is 0.436. The first-order valence-electron chi connectivity index (χ1n) is 8.26. The molecule has 138 valence electrons. The highest BCUT2D eigenvalue weighted by Crippen LogP contribution is 2.45. The van der Waals surface area contributed by atoms with Crippen LogP contribution in [0.25, 0.3) is 0 Å². The van der Waals surface area contributed by atoms with Gasteiger partial charge < -0.3 is 10.5 Å². The summed E-state index contributed by atoms with van der Waals surface area (Å²) in [4.78, 5) is 12.2. The molecule has 2 aliphatic heterocycles. The molecule has 1 aromatic heterocycles. The largest absolute Gasteiger partial charge is 0.379 e. The van der Waals surface area contributed by atoms with Crippen molar-refractivity contribution in [1.82, 2.24) is 9.97 Å². The maximum atomic E-state index is 14.1. The third-order valence-electron chi connectivity index (χ3n) is 4.44. The number of benzene rings is 1. The lowest BCUT2D eigenvalue weighted by molar-refractivity contribution is 0.00297. The molecule has 1 saturated heterocycles. The number of halogens is 2. The number of ether oxygens (including phenoxy) is 1. The van der Waals surface area contributed by atoms with E-state index in [4.69, 9.17) is 10.5 Å². The lowest BCUT2D eigenvalue weighted by Gasteiger charge is -2.43. The minimum absolute atomic E-state index is 0.165. The van der Waals surface area contributed by atoms with Gasteiger partial charge in [-0.3, -0.25) is 0 Å². The number of rotatable bonds is 1. The Bertz CT molecular complexity index is 790. The molecule has 4 rings (SSSR count). The zero-order chi connectivity index (χ0) is 18.6. The lowest BCUT2D eigenvalue weighted by Crippen LogP contribution is -2.48. The highest BCUT2D eigenvalue weighted by molar-refractivity contribution is 8.13. The van der Waals surface area contributed by atoms with Gasteiger partial charge in [0.15, 0.2) is 5.17 Å². The van der Waals surface area contributed by atoms with Crippen LogP contribution in [-0.4, -0.2) is 34.1 Å². The van der Waals surface area contributed by atoms with E-state index in [1.165, 1.54) is 23.9 Å². The van der Waals surface area contributed by atoms with Crippen molar-refractivity contribution in [2.24, 2.45) is 16.6 Å². The molecule has 8 heteroatoms. The normalized spacial score (nSPS) is 24.7. The second-order valence-corrected chi connectivity index (χ2v) is 7.18. The third-order valence-corrected chi connectivity index (χ3v) is 5.40. The summed E-state index contributed by atoms with van der Waals surface area (Å²) in [7, 11) is 0. The van der Waals surface area contributed by atoms with Crippen molar-refractivity contribution < 1.29 is 13.5 Å². The minimum Gasteiger partial charge on any atom is -0.379 e. The van der Waals surface area contributed by atoms with Gasteiger partial charge in [-0.25, -0.2) is 23.7 Å². The number of fused-ring (bicyclic) bond motifs is 1. The van der Waals surface area contributed by atoms with Crippen LogP contribution in [0.5, 0.6) is 0 Å². The topological polar surface area (TPSA) is 73.4 Å². The zero-order valence-corrected chi connectivity index (χ0v) is 15.2. The van der Waals surface area contributed by atoms with Gasteiger partial charge in [0, 0.05) is 42.3 Å². The minimum atomic E-state index is -0.800. The van der Waals surface area contributed by atoms with Gasteiger partial charge in [0.1, 0.15) is 23.0 Å². The molecule has 2 unspecified atom stereocenters. The molecule has 26 heavy (non-hydrogen) atoms. The summed E-state index contributed by atoms with van der Waals surface area (Å²) in [5.74, 6) is 0.600. The number of aliphatic imine (C=N–C) groups is 1. The van der Waals surface area contributed by atoms with Crippen molar-refractivity contribution in [2.45, 2.75) is 18.9 Å². The van der Waals surface area contributed by atoms with E-state index in [1.54, 1.807) is 18.5 Å². The van der Waals surface area contributed by atoms with E-state index >= 15 is 0 Å². The molecule has 0 radical (unpaired) electrons. The van der Waals surface area contributed by atoms with E-state index in [0.29, 0.717) is 23.9 Å². The van der Waals surface area contributed by atoms with E-state index in [2.05, 4.69) is 15.0 Å². The number of aryl methyl sites for hydroxylation is 1. The fraction of sp³-hybridized carbons (Fsp3) is 0.389. The van der Waals surface area contributed by atoms with Gasteiger partial charge in [0.05, 0.1) is 6.61 Å². The monoisotopic (exact) mass is 378 g/mol. The van der Waals surface area contributed by atoms with Crippen LogP contribution in [0, 0.1) is 24.5 Å². The van der Waals surface area contributed by atoms with Gasteiger partial charge in [-0.15, -0.1) is 0 Å². The van der Waals surface area contributed by atoms with Gasteiger partial charge in [-0.1, -0.05) is 17.8 Å². The molecule has 1 aromatic carbocycles. The maximum absolute atomic E-state index is 14.1. The van der Waals surface area contributed by atoms with Crippen LogP contribution in [0.3, 0.4) is 0 Å². The van der Waals surface area contributed by atoms with Crippen molar-refractivity contribution >= 4 is 16.9 Å². The lowest BCUT2D eigenvalue weighted by atomic mass is 9.76. The van der Waals surface area contributed by atoms with E-state index in [-0.39, 0.29) is 5.92 Å². The molecule has 3 heterocycles. The van der Waals surface area contributed by atoms with Crippen molar-refractivity contribution in [3.63, 3.8) is 0 Å². The smallest absolute Gasteiger partial charge is 0.154 e. The Morgan fingerprint density at radius 3 is 2.69 bits per heavy atom. The van der Waals surface area contributed by atoms with Crippen LogP contribution in [0.1, 0.15) is 17.8 Å². The quantitative estimate of drug-likeness (QED) is 0.826.